The maximum atomic E-state index is 12.4. The van der Waals surface area contributed by atoms with Crippen molar-refractivity contribution >= 4 is 17.3 Å². The first-order chi connectivity index (χ1) is 11.6. The maximum absolute atomic E-state index is 12.4. The average Bonchev–Trinajstić information content (AvgIpc) is 2.59. The van der Waals surface area contributed by atoms with Gasteiger partial charge in [0.05, 0.1) is 5.56 Å². The van der Waals surface area contributed by atoms with E-state index in [2.05, 4.69) is 29.1 Å². The van der Waals surface area contributed by atoms with E-state index in [1.165, 1.54) is 0 Å². The topological polar surface area (TPSA) is 45.2 Å². The van der Waals surface area contributed by atoms with E-state index in [9.17, 15) is 4.79 Å². The largest absolute Gasteiger partial charge is 0.378 e. The normalized spacial score (nSPS) is 9.79. The van der Waals surface area contributed by atoms with E-state index in [1.807, 2.05) is 43.3 Å². The van der Waals surface area contributed by atoms with Crippen LogP contribution in [0.1, 0.15) is 42.1 Å². The molecular formula is C20H23N3O. The Kier molecular flexibility index (Phi) is 6.39. The molecule has 2 rings (SSSR count). The summed E-state index contributed by atoms with van der Waals surface area (Å²) in [6, 6.07) is 9.46. The molecule has 1 aromatic heterocycles. The maximum Gasteiger partial charge on any atom is 0.257 e. The lowest BCUT2D eigenvalue weighted by molar-refractivity contribution is 0.102. The Balaban J connectivity index is 2.05. The van der Waals surface area contributed by atoms with Crippen LogP contribution in [-0.4, -0.2) is 25.0 Å². The van der Waals surface area contributed by atoms with Crippen LogP contribution >= 0.6 is 0 Å². The van der Waals surface area contributed by atoms with Crippen LogP contribution < -0.4 is 10.2 Å². The van der Waals surface area contributed by atoms with Gasteiger partial charge in [-0.1, -0.05) is 25.2 Å². The second kappa shape index (κ2) is 8.73. The molecule has 1 amide bonds. The fourth-order valence-electron chi connectivity index (χ4n) is 2.11. The highest BCUT2D eigenvalue weighted by Crippen LogP contribution is 2.16. The molecule has 1 N–H and O–H groups in total. The zero-order chi connectivity index (χ0) is 17.4. The first kappa shape index (κ1) is 17.6. The molecule has 0 bridgehead atoms. The number of amides is 1. The summed E-state index contributed by atoms with van der Waals surface area (Å²) in [5.41, 5.74) is 3.11. The van der Waals surface area contributed by atoms with Gasteiger partial charge in [-0.3, -0.25) is 9.78 Å². The minimum absolute atomic E-state index is 0.183. The molecule has 0 saturated heterocycles. The number of unbranched alkanes of at least 4 members (excludes halogenated alkanes) is 2. The SMILES string of the molecule is CCCCC#Cc1cncc(C(=O)Nc2ccc(N(C)C)cc2)c1. The Hall–Kier alpha value is -2.80. The molecule has 0 fully saturated rings. The van der Waals surface area contributed by atoms with Crippen LogP contribution in [0.2, 0.25) is 0 Å². The molecule has 0 aliphatic rings. The van der Waals surface area contributed by atoms with Crippen molar-refractivity contribution in [3.05, 3.63) is 53.9 Å². The molecule has 0 spiro atoms. The van der Waals surface area contributed by atoms with Crippen molar-refractivity contribution in [1.29, 1.82) is 0 Å². The first-order valence-electron chi connectivity index (χ1n) is 8.13. The lowest BCUT2D eigenvalue weighted by atomic mass is 10.1. The molecule has 0 saturated carbocycles. The fraction of sp³-hybridized carbons (Fsp3) is 0.300. The van der Waals surface area contributed by atoms with Crippen molar-refractivity contribution in [2.24, 2.45) is 0 Å². The number of pyridine rings is 1. The van der Waals surface area contributed by atoms with Crippen LogP contribution in [0.5, 0.6) is 0 Å². The lowest BCUT2D eigenvalue weighted by Crippen LogP contribution is -2.13. The second-order valence-electron chi connectivity index (χ2n) is 5.76. The van der Waals surface area contributed by atoms with Crippen LogP contribution in [0.4, 0.5) is 11.4 Å². The van der Waals surface area contributed by atoms with Gasteiger partial charge in [0, 0.05) is 49.8 Å². The van der Waals surface area contributed by atoms with Gasteiger partial charge in [0.15, 0.2) is 0 Å². The van der Waals surface area contributed by atoms with Crippen molar-refractivity contribution in [1.82, 2.24) is 4.98 Å². The molecule has 0 aliphatic heterocycles. The zero-order valence-electron chi connectivity index (χ0n) is 14.5. The number of benzene rings is 1. The molecule has 2 aromatic rings. The lowest BCUT2D eigenvalue weighted by Gasteiger charge is -2.13. The van der Waals surface area contributed by atoms with Crippen molar-refractivity contribution in [2.75, 3.05) is 24.3 Å². The highest BCUT2D eigenvalue weighted by Gasteiger charge is 2.07. The number of carbonyl (C=O) groups excluding carboxylic acids is 1. The molecule has 1 aromatic carbocycles. The van der Waals surface area contributed by atoms with E-state index < -0.39 is 0 Å². The summed E-state index contributed by atoms with van der Waals surface area (Å²) >= 11 is 0. The highest BCUT2D eigenvalue weighted by atomic mass is 16.1. The average molecular weight is 321 g/mol. The van der Waals surface area contributed by atoms with Gasteiger partial charge >= 0.3 is 0 Å². The Morgan fingerprint density at radius 1 is 1.21 bits per heavy atom. The minimum atomic E-state index is -0.183. The number of rotatable bonds is 5. The Labute approximate surface area is 143 Å². The van der Waals surface area contributed by atoms with Crippen LogP contribution in [0, 0.1) is 11.8 Å². The van der Waals surface area contributed by atoms with Crippen LogP contribution in [0.25, 0.3) is 0 Å². The third kappa shape index (κ3) is 5.13. The van der Waals surface area contributed by atoms with Gasteiger partial charge in [-0.15, -0.1) is 0 Å². The molecule has 0 radical (unpaired) electrons. The Bertz CT molecular complexity index is 739. The van der Waals surface area contributed by atoms with Gasteiger partial charge in [-0.2, -0.15) is 0 Å². The predicted octanol–water partition coefficient (Wildman–Crippen LogP) is 3.94. The Morgan fingerprint density at radius 3 is 2.62 bits per heavy atom. The van der Waals surface area contributed by atoms with Crippen molar-refractivity contribution in [3.63, 3.8) is 0 Å². The second-order valence-corrected chi connectivity index (χ2v) is 5.76. The van der Waals surface area contributed by atoms with Gasteiger partial charge in [-0.25, -0.2) is 0 Å². The minimum Gasteiger partial charge on any atom is -0.378 e. The van der Waals surface area contributed by atoms with Crippen LogP contribution in [0.15, 0.2) is 42.7 Å². The smallest absolute Gasteiger partial charge is 0.257 e. The summed E-state index contributed by atoms with van der Waals surface area (Å²) in [7, 11) is 3.96. The molecule has 1 heterocycles. The number of nitrogens with one attached hydrogen (secondary N) is 1. The number of hydrogen-bond donors (Lipinski definition) is 1. The van der Waals surface area contributed by atoms with Gasteiger partial charge < -0.3 is 10.2 Å². The van der Waals surface area contributed by atoms with Crippen molar-refractivity contribution < 1.29 is 4.79 Å². The summed E-state index contributed by atoms with van der Waals surface area (Å²) in [6.07, 6.45) is 6.32. The summed E-state index contributed by atoms with van der Waals surface area (Å²) in [4.78, 5) is 18.5. The van der Waals surface area contributed by atoms with Crippen LogP contribution in [0.3, 0.4) is 0 Å². The third-order valence-corrected chi connectivity index (χ3v) is 3.53. The van der Waals surface area contributed by atoms with E-state index >= 15 is 0 Å². The zero-order valence-corrected chi connectivity index (χ0v) is 14.5. The third-order valence-electron chi connectivity index (χ3n) is 3.53. The summed E-state index contributed by atoms with van der Waals surface area (Å²) in [5.74, 6) is 5.99. The summed E-state index contributed by atoms with van der Waals surface area (Å²) < 4.78 is 0. The molecule has 4 heteroatoms. The first-order valence-corrected chi connectivity index (χ1v) is 8.13. The predicted molar refractivity (Wildman–Crippen MR) is 99.4 cm³/mol. The van der Waals surface area contributed by atoms with E-state index in [0.717, 1.165) is 36.2 Å². The molecular weight excluding hydrogens is 298 g/mol. The molecule has 0 unspecified atom stereocenters. The van der Waals surface area contributed by atoms with Crippen molar-refractivity contribution in [2.45, 2.75) is 26.2 Å². The van der Waals surface area contributed by atoms with Gasteiger partial charge in [0.1, 0.15) is 0 Å². The molecule has 4 nitrogen and oxygen atoms in total. The molecule has 24 heavy (non-hydrogen) atoms. The van der Waals surface area contributed by atoms with E-state index in [-0.39, 0.29) is 5.91 Å². The molecule has 0 aliphatic carbocycles. The fourth-order valence-corrected chi connectivity index (χ4v) is 2.11. The highest BCUT2D eigenvalue weighted by molar-refractivity contribution is 6.04. The van der Waals surface area contributed by atoms with Crippen molar-refractivity contribution in [3.8, 4) is 11.8 Å². The quantitative estimate of drug-likeness (QED) is 0.670. The molecule has 124 valence electrons. The Morgan fingerprint density at radius 2 is 1.96 bits per heavy atom. The number of anilines is 2. The standard InChI is InChI=1S/C20H23N3O/c1-4-5-6-7-8-16-13-17(15-21-14-16)20(24)22-18-9-11-19(12-10-18)23(2)3/h9-15H,4-6H2,1-3H3,(H,22,24). The van der Waals surface area contributed by atoms with Gasteiger partial charge in [0.2, 0.25) is 0 Å². The summed E-state index contributed by atoms with van der Waals surface area (Å²) in [5, 5.41) is 2.88. The van der Waals surface area contributed by atoms with E-state index in [0.29, 0.717) is 5.56 Å². The van der Waals surface area contributed by atoms with Crippen LogP contribution in [-0.2, 0) is 0 Å². The molecule has 0 atom stereocenters. The van der Waals surface area contributed by atoms with E-state index in [1.54, 1.807) is 18.5 Å². The van der Waals surface area contributed by atoms with Gasteiger partial charge in [-0.05, 0) is 36.8 Å². The number of nitrogens with zero attached hydrogens (tertiary/aromatic N) is 2. The number of aromatic nitrogens is 1. The number of hydrogen-bond acceptors (Lipinski definition) is 3. The van der Waals surface area contributed by atoms with Gasteiger partial charge in [0.25, 0.3) is 5.91 Å². The van der Waals surface area contributed by atoms with E-state index in [4.69, 9.17) is 0 Å². The monoisotopic (exact) mass is 321 g/mol. The number of carbonyl (C=O) groups is 1. The summed E-state index contributed by atoms with van der Waals surface area (Å²) in [6.45, 7) is 2.14.